The molecule has 36 heavy (non-hydrogen) atoms. The minimum Gasteiger partial charge on any atom is -0.479 e. The Hall–Kier alpha value is -3.57. The Bertz CT molecular complexity index is 1270. The molecular formula is C26H28N2O8. The molecule has 0 bridgehead atoms. The van der Waals surface area contributed by atoms with E-state index in [9.17, 15) is 19.5 Å². The molecule has 0 amide bonds. The molecule has 2 heterocycles. The van der Waals surface area contributed by atoms with E-state index < -0.39 is 35.7 Å². The molecule has 0 spiro atoms. The molecule has 4 rings (SSSR count). The van der Waals surface area contributed by atoms with Crippen molar-refractivity contribution in [3.05, 3.63) is 104 Å². The maximum Gasteiger partial charge on any atom is 0.335 e. The normalized spacial score (nSPS) is 19.4. The first-order valence-electron chi connectivity index (χ1n) is 11.5. The second kappa shape index (κ2) is 11.9. The molecule has 1 aliphatic heterocycles. The summed E-state index contributed by atoms with van der Waals surface area (Å²) in [6, 6.07) is 18.9. The van der Waals surface area contributed by atoms with E-state index in [1.165, 1.54) is 10.8 Å². The number of carboxylic acids is 1. The van der Waals surface area contributed by atoms with E-state index in [2.05, 4.69) is 0 Å². The summed E-state index contributed by atoms with van der Waals surface area (Å²) < 4.78 is 24.6. The van der Waals surface area contributed by atoms with Crippen molar-refractivity contribution in [1.29, 1.82) is 0 Å². The van der Waals surface area contributed by atoms with Gasteiger partial charge < -0.3 is 24.1 Å². The van der Waals surface area contributed by atoms with E-state index in [0.29, 0.717) is 12.2 Å². The Labute approximate surface area is 207 Å². The van der Waals surface area contributed by atoms with Crippen molar-refractivity contribution in [3.63, 3.8) is 0 Å². The van der Waals surface area contributed by atoms with Crippen molar-refractivity contribution in [2.24, 2.45) is 0 Å². The molecule has 2 aromatic carbocycles. The molecule has 190 valence electrons. The van der Waals surface area contributed by atoms with Crippen molar-refractivity contribution in [2.75, 3.05) is 6.79 Å². The number of aliphatic carboxylic acids is 1. The number of hydrogen-bond donors (Lipinski definition) is 1. The Kier molecular flexibility index (Phi) is 8.44. The Morgan fingerprint density at radius 1 is 1.00 bits per heavy atom. The van der Waals surface area contributed by atoms with Crippen LogP contribution in [-0.2, 0) is 43.7 Å². The van der Waals surface area contributed by atoms with Crippen molar-refractivity contribution < 1.29 is 28.8 Å². The lowest BCUT2D eigenvalue weighted by molar-refractivity contribution is -0.163. The van der Waals surface area contributed by atoms with Crippen LogP contribution in [0.5, 0.6) is 0 Å². The van der Waals surface area contributed by atoms with Crippen molar-refractivity contribution in [3.8, 4) is 0 Å². The number of aromatic nitrogens is 2. The number of rotatable bonds is 11. The smallest absolute Gasteiger partial charge is 0.335 e. The lowest BCUT2D eigenvalue weighted by atomic mass is 10.2. The van der Waals surface area contributed by atoms with Gasteiger partial charge in [-0.3, -0.25) is 9.36 Å². The van der Waals surface area contributed by atoms with E-state index >= 15 is 0 Å². The van der Waals surface area contributed by atoms with Crippen molar-refractivity contribution in [1.82, 2.24) is 9.13 Å². The molecule has 10 heteroatoms. The maximum atomic E-state index is 13.1. The molecule has 1 saturated heterocycles. The van der Waals surface area contributed by atoms with Crippen LogP contribution in [0.2, 0.25) is 0 Å². The molecule has 3 atom stereocenters. The molecular weight excluding hydrogens is 468 g/mol. The van der Waals surface area contributed by atoms with Gasteiger partial charge in [0.2, 0.25) is 0 Å². The van der Waals surface area contributed by atoms with Crippen molar-refractivity contribution in [2.45, 2.75) is 51.7 Å². The van der Waals surface area contributed by atoms with Gasteiger partial charge in [0.15, 0.2) is 6.10 Å². The highest BCUT2D eigenvalue weighted by atomic mass is 16.7. The molecule has 0 saturated carbocycles. The Morgan fingerprint density at radius 3 is 2.22 bits per heavy atom. The van der Waals surface area contributed by atoms with Gasteiger partial charge in [0.1, 0.15) is 25.9 Å². The second-order valence-corrected chi connectivity index (χ2v) is 8.44. The number of hydrogen-bond acceptors (Lipinski definition) is 7. The number of ether oxygens (including phenoxy) is 4. The van der Waals surface area contributed by atoms with E-state index in [1.807, 2.05) is 60.7 Å². The predicted octanol–water partition coefficient (Wildman–Crippen LogP) is 2.42. The molecule has 3 aromatic rings. The lowest BCUT2D eigenvalue weighted by Gasteiger charge is -2.17. The van der Waals surface area contributed by atoms with Gasteiger partial charge in [-0.25, -0.2) is 14.2 Å². The third-order valence-electron chi connectivity index (χ3n) is 5.80. The largest absolute Gasteiger partial charge is 0.479 e. The van der Waals surface area contributed by atoms with E-state index in [-0.39, 0.29) is 26.6 Å². The summed E-state index contributed by atoms with van der Waals surface area (Å²) in [6.07, 6.45) is -1.61. The minimum atomic E-state index is -1.29. The molecule has 0 aliphatic carbocycles. The standard InChI is InChI=1S/C26H28N2O8/c1-18-13-27(26(32)28(24(18)29)16-33-14-19-8-4-2-5-9-19)22-12-21(23(36-22)25(30)31)35-17-34-15-20-10-6-3-7-11-20/h2-11,13,21-23H,12,14-17H2,1H3,(H,30,31)/t21?,22-,23+/m1/s1. The van der Waals surface area contributed by atoms with E-state index in [1.54, 1.807) is 6.92 Å². The fourth-order valence-electron chi connectivity index (χ4n) is 3.96. The highest BCUT2D eigenvalue weighted by Gasteiger charge is 2.42. The van der Waals surface area contributed by atoms with Crippen LogP contribution in [0.3, 0.4) is 0 Å². The topological polar surface area (TPSA) is 118 Å². The Morgan fingerprint density at radius 2 is 1.61 bits per heavy atom. The highest BCUT2D eigenvalue weighted by molar-refractivity contribution is 5.73. The van der Waals surface area contributed by atoms with Gasteiger partial charge in [-0.05, 0) is 18.1 Å². The van der Waals surface area contributed by atoms with Gasteiger partial charge in [-0.15, -0.1) is 0 Å². The van der Waals surface area contributed by atoms with Gasteiger partial charge >= 0.3 is 11.7 Å². The van der Waals surface area contributed by atoms with Gasteiger partial charge in [0.05, 0.1) is 13.2 Å². The summed E-state index contributed by atoms with van der Waals surface area (Å²) >= 11 is 0. The van der Waals surface area contributed by atoms with E-state index in [4.69, 9.17) is 18.9 Å². The number of aryl methyl sites for hydroxylation is 1. The lowest BCUT2D eigenvalue weighted by Crippen LogP contribution is -2.42. The molecule has 10 nitrogen and oxygen atoms in total. The van der Waals surface area contributed by atoms with Crippen LogP contribution >= 0.6 is 0 Å². The van der Waals surface area contributed by atoms with Crippen molar-refractivity contribution >= 4 is 5.97 Å². The summed E-state index contributed by atoms with van der Waals surface area (Å²) in [4.78, 5) is 37.5. The average molecular weight is 497 g/mol. The molecule has 1 aliphatic rings. The fraction of sp³-hybridized carbons (Fsp3) is 0.346. The molecule has 1 N–H and O–H groups in total. The van der Waals surface area contributed by atoms with Gasteiger partial charge in [-0.2, -0.15) is 0 Å². The first-order valence-corrected chi connectivity index (χ1v) is 11.5. The monoisotopic (exact) mass is 496 g/mol. The zero-order chi connectivity index (χ0) is 25.5. The first-order chi connectivity index (χ1) is 17.4. The summed E-state index contributed by atoms with van der Waals surface area (Å²) in [5.41, 5.74) is 1.00. The van der Waals surface area contributed by atoms with Gasteiger partial charge in [0.25, 0.3) is 5.56 Å². The first kappa shape index (κ1) is 25.5. The minimum absolute atomic E-state index is 0.0914. The van der Waals surface area contributed by atoms with E-state index in [0.717, 1.165) is 15.7 Å². The fourth-order valence-corrected chi connectivity index (χ4v) is 3.96. The molecule has 1 aromatic heterocycles. The second-order valence-electron chi connectivity index (χ2n) is 8.44. The molecule has 1 fully saturated rings. The van der Waals surface area contributed by atoms with Gasteiger partial charge in [-0.1, -0.05) is 60.7 Å². The van der Waals surface area contributed by atoms with Crippen LogP contribution in [0.15, 0.2) is 76.4 Å². The quantitative estimate of drug-likeness (QED) is 0.318. The molecule has 0 radical (unpaired) electrons. The van der Waals surface area contributed by atoms with Crippen LogP contribution in [0.25, 0.3) is 0 Å². The summed E-state index contributed by atoms with van der Waals surface area (Å²) in [7, 11) is 0. The Balaban J connectivity index is 1.43. The number of nitrogens with zero attached hydrogens (tertiary/aromatic N) is 2. The SMILES string of the molecule is Cc1cn([C@H]2CC(OCOCc3ccccc3)[C@@H](C(=O)O)O2)c(=O)n(COCc2ccccc2)c1=O. The average Bonchev–Trinajstić information content (AvgIpc) is 3.32. The maximum absolute atomic E-state index is 13.1. The summed E-state index contributed by atoms with van der Waals surface area (Å²) in [5, 5.41) is 9.62. The zero-order valence-electron chi connectivity index (χ0n) is 19.8. The highest BCUT2D eigenvalue weighted by Crippen LogP contribution is 2.30. The third kappa shape index (κ3) is 6.16. The van der Waals surface area contributed by atoms with Crippen LogP contribution in [0.1, 0.15) is 29.3 Å². The van der Waals surface area contributed by atoms with Gasteiger partial charge in [0, 0.05) is 18.2 Å². The number of benzene rings is 2. The summed E-state index contributed by atoms with van der Waals surface area (Å²) in [6.45, 7) is 1.71. The van der Waals surface area contributed by atoms with Crippen LogP contribution in [0.4, 0.5) is 0 Å². The third-order valence-corrected chi connectivity index (χ3v) is 5.80. The molecule has 1 unspecified atom stereocenters. The van der Waals surface area contributed by atoms with Crippen LogP contribution in [-0.4, -0.2) is 39.2 Å². The number of carboxylic acid groups (broad SMARTS) is 1. The number of carbonyl (C=O) groups is 1. The van der Waals surface area contributed by atoms with Crippen LogP contribution in [0, 0.1) is 6.92 Å². The zero-order valence-corrected chi connectivity index (χ0v) is 19.8. The summed E-state index contributed by atoms with van der Waals surface area (Å²) in [5.74, 6) is -1.21. The van der Waals surface area contributed by atoms with Crippen LogP contribution < -0.4 is 11.2 Å². The predicted molar refractivity (Wildman–Crippen MR) is 128 cm³/mol.